The summed E-state index contributed by atoms with van der Waals surface area (Å²) < 4.78 is 13.4. The first-order valence-corrected chi connectivity index (χ1v) is 14.4. The van der Waals surface area contributed by atoms with Crippen LogP contribution in [0.4, 0.5) is 5.69 Å². The van der Waals surface area contributed by atoms with Crippen molar-refractivity contribution < 1.29 is 18.9 Å². The van der Waals surface area contributed by atoms with E-state index in [1.54, 1.807) is 43.2 Å². The number of thiazole rings is 1. The lowest BCUT2D eigenvalue weighted by Crippen LogP contribution is -2.43. The molecule has 0 spiro atoms. The molecule has 1 amide bonds. The third-order valence-corrected chi connectivity index (χ3v) is 8.38. The number of carbonyl (C=O) groups excluding carboxylic acids is 1. The zero-order valence-electron chi connectivity index (χ0n) is 23.3. The van der Waals surface area contributed by atoms with Crippen LogP contribution in [0, 0.1) is 10.1 Å². The number of non-ortho nitro benzene ring substituents is 1. The van der Waals surface area contributed by atoms with Gasteiger partial charge < -0.3 is 14.1 Å². The zero-order valence-corrected chi connectivity index (χ0v) is 24.9. The molecule has 2 aromatic carbocycles. The SMILES string of the molecule is CCN(CC)C(=O)C1=C(C)N=c2s/c(=C/c3ccc(-c4cc([N+](=O)[O-])ccc4Cl)o3)c(=O)n2[C@H]1c1ccccc1OC. The normalized spacial score (nSPS) is 14.9. The average Bonchev–Trinajstić information content (AvgIpc) is 3.56. The molecule has 4 aromatic rings. The maximum absolute atomic E-state index is 14.0. The second-order valence-corrected chi connectivity index (χ2v) is 10.8. The van der Waals surface area contributed by atoms with Crippen LogP contribution in [-0.2, 0) is 4.79 Å². The Bertz CT molecular complexity index is 1920. The van der Waals surface area contributed by atoms with E-state index in [2.05, 4.69) is 4.99 Å². The van der Waals surface area contributed by atoms with Crippen LogP contribution in [0.25, 0.3) is 17.4 Å². The van der Waals surface area contributed by atoms with Crippen LogP contribution in [0.5, 0.6) is 5.75 Å². The molecule has 10 nitrogen and oxygen atoms in total. The molecular weight excluding hydrogens is 580 g/mol. The second-order valence-electron chi connectivity index (χ2n) is 9.42. The van der Waals surface area contributed by atoms with E-state index in [4.69, 9.17) is 20.8 Å². The van der Waals surface area contributed by atoms with E-state index in [0.717, 1.165) is 0 Å². The van der Waals surface area contributed by atoms with Crippen LogP contribution in [0.3, 0.4) is 0 Å². The maximum Gasteiger partial charge on any atom is 0.271 e. The van der Waals surface area contributed by atoms with E-state index >= 15 is 0 Å². The highest BCUT2D eigenvalue weighted by Gasteiger charge is 2.35. The fourth-order valence-electron chi connectivity index (χ4n) is 4.98. The third-order valence-electron chi connectivity index (χ3n) is 7.06. The Morgan fingerprint density at radius 2 is 1.95 bits per heavy atom. The highest BCUT2D eigenvalue weighted by molar-refractivity contribution is 7.07. The summed E-state index contributed by atoms with van der Waals surface area (Å²) >= 11 is 7.47. The van der Waals surface area contributed by atoms with Crippen molar-refractivity contribution in [3.63, 3.8) is 0 Å². The van der Waals surface area contributed by atoms with Gasteiger partial charge in [0.05, 0.1) is 32.9 Å². The van der Waals surface area contributed by atoms with Crippen LogP contribution in [0.1, 0.15) is 38.1 Å². The average molecular weight is 607 g/mol. The molecule has 0 saturated carbocycles. The molecule has 5 rings (SSSR count). The van der Waals surface area contributed by atoms with E-state index in [1.165, 1.54) is 34.1 Å². The number of likely N-dealkylation sites (N-methyl/N-ethyl adjacent to an activating group) is 1. The monoisotopic (exact) mass is 606 g/mol. The van der Waals surface area contributed by atoms with Crippen molar-refractivity contribution in [2.45, 2.75) is 26.8 Å². The molecule has 1 aliphatic heterocycles. The Balaban J connectivity index is 1.66. The Labute approximate surface area is 249 Å². The Kier molecular flexibility index (Phi) is 8.15. The minimum atomic E-state index is -0.761. The minimum absolute atomic E-state index is 0.123. The number of hydrogen-bond donors (Lipinski definition) is 0. The van der Waals surface area contributed by atoms with Gasteiger partial charge in [0.25, 0.3) is 17.2 Å². The van der Waals surface area contributed by atoms with Crippen molar-refractivity contribution >= 4 is 40.6 Å². The van der Waals surface area contributed by atoms with E-state index in [1.807, 2.05) is 32.0 Å². The van der Waals surface area contributed by atoms with Crippen molar-refractivity contribution in [1.29, 1.82) is 0 Å². The first-order valence-electron chi connectivity index (χ1n) is 13.2. The molecule has 1 aliphatic rings. The number of aromatic nitrogens is 1. The fraction of sp³-hybridized carbons (Fsp3) is 0.233. The molecule has 216 valence electrons. The van der Waals surface area contributed by atoms with E-state index in [0.29, 0.717) is 67.1 Å². The zero-order chi connectivity index (χ0) is 30.1. The van der Waals surface area contributed by atoms with Gasteiger partial charge >= 0.3 is 0 Å². The summed E-state index contributed by atoms with van der Waals surface area (Å²) in [5, 5.41) is 11.5. The lowest BCUT2D eigenvalue weighted by molar-refractivity contribution is -0.384. The number of amides is 1. The summed E-state index contributed by atoms with van der Waals surface area (Å²) in [5.74, 6) is 1.01. The number of hydrogen-bond acceptors (Lipinski definition) is 8. The van der Waals surface area contributed by atoms with E-state index < -0.39 is 11.0 Å². The third kappa shape index (κ3) is 5.17. The van der Waals surface area contributed by atoms with Gasteiger partial charge in [-0.15, -0.1) is 0 Å². The molecule has 1 atom stereocenters. The molecule has 0 bridgehead atoms. The molecular formula is C30H27ClN4O6S. The second kappa shape index (κ2) is 11.8. The van der Waals surface area contributed by atoms with Gasteiger partial charge in [0.2, 0.25) is 0 Å². The van der Waals surface area contributed by atoms with Crippen LogP contribution < -0.4 is 19.6 Å². The Hall–Kier alpha value is -4.48. The van der Waals surface area contributed by atoms with Gasteiger partial charge in [-0.3, -0.25) is 24.3 Å². The van der Waals surface area contributed by atoms with Gasteiger partial charge in [-0.05, 0) is 45.0 Å². The predicted octanol–water partition coefficient (Wildman–Crippen LogP) is 4.93. The van der Waals surface area contributed by atoms with Gasteiger partial charge in [0, 0.05) is 42.4 Å². The highest BCUT2D eigenvalue weighted by Crippen LogP contribution is 2.36. The molecule has 0 N–H and O–H groups in total. The molecule has 0 unspecified atom stereocenters. The number of nitro groups is 1. The fourth-order valence-corrected chi connectivity index (χ4v) is 6.22. The standard InChI is InChI=1S/C30H27ClN4O6S/c1-5-33(6-2)29(37)26-17(3)32-30-34(27(26)20-9-7-8-10-23(20)40-4)28(36)25(42-30)16-19-12-14-24(41-19)21-15-18(35(38)39)11-13-22(21)31/h7-16,27H,5-6H2,1-4H3/b25-16+/t27-/m0/s1. The molecule has 0 saturated heterocycles. The van der Waals surface area contributed by atoms with Gasteiger partial charge in [-0.25, -0.2) is 4.99 Å². The largest absolute Gasteiger partial charge is 0.496 e. The summed E-state index contributed by atoms with van der Waals surface area (Å²) in [6, 6.07) is 13.9. The highest BCUT2D eigenvalue weighted by atomic mass is 35.5. The number of para-hydroxylation sites is 1. The molecule has 0 radical (unpaired) electrons. The number of halogens is 1. The number of nitrogens with zero attached hydrogens (tertiary/aromatic N) is 4. The summed E-state index contributed by atoms with van der Waals surface area (Å²) in [4.78, 5) is 45.3. The summed E-state index contributed by atoms with van der Waals surface area (Å²) in [6.45, 7) is 6.60. The lowest BCUT2D eigenvalue weighted by Gasteiger charge is -2.29. The van der Waals surface area contributed by atoms with Crippen LogP contribution in [-0.4, -0.2) is 40.5 Å². The Morgan fingerprint density at radius 3 is 2.64 bits per heavy atom. The van der Waals surface area contributed by atoms with E-state index in [9.17, 15) is 19.7 Å². The number of fused-ring (bicyclic) bond motifs is 1. The van der Waals surface area contributed by atoms with Crippen molar-refractivity contribution in [2.75, 3.05) is 20.2 Å². The molecule has 0 fully saturated rings. The van der Waals surface area contributed by atoms with Crippen molar-refractivity contribution in [2.24, 2.45) is 4.99 Å². The molecule has 3 heterocycles. The van der Waals surface area contributed by atoms with Gasteiger partial charge in [0.1, 0.15) is 23.3 Å². The number of nitro benzene ring substituents is 1. The molecule has 42 heavy (non-hydrogen) atoms. The number of methoxy groups -OCH3 is 1. The number of carbonyl (C=O) groups is 1. The summed E-state index contributed by atoms with van der Waals surface area (Å²) in [7, 11) is 1.55. The molecule has 12 heteroatoms. The van der Waals surface area contributed by atoms with Crippen LogP contribution in [0.2, 0.25) is 5.02 Å². The van der Waals surface area contributed by atoms with Gasteiger partial charge in [-0.1, -0.05) is 41.1 Å². The predicted molar refractivity (Wildman–Crippen MR) is 160 cm³/mol. The number of rotatable bonds is 8. The minimum Gasteiger partial charge on any atom is -0.496 e. The quantitative estimate of drug-likeness (QED) is 0.207. The number of ether oxygens (including phenoxy) is 1. The van der Waals surface area contributed by atoms with Gasteiger partial charge in [-0.2, -0.15) is 0 Å². The Morgan fingerprint density at radius 1 is 1.21 bits per heavy atom. The first-order chi connectivity index (χ1) is 20.2. The van der Waals surface area contributed by atoms with Crippen molar-refractivity contribution in [3.8, 4) is 17.1 Å². The van der Waals surface area contributed by atoms with Crippen LogP contribution in [0.15, 0.2) is 80.1 Å². The topological polar surface area (TPSA) is 120 Å². The van der Waals surface area contributed by atoms with E-state index in [-0.39, 0.29) is 17.2 Å². The smallest absolute Gasteiger partial charge is 0.271 e. The van der Waals surface area contributed by atoms with Crippen molar-refractivity contribution in [1.82, 2.24) is 9.47 Å². The molecule has 2 aromatic heterocycles. The van der Waals surface area contributed by atoms with Crippen LogP contribution >= 0.6 is 22.9 Å². The van der Waals surface area contributed by atoms with Gasteiger partial charge in [0.15, 0.2) is 4.80 Å². The van der Waals surface area contributed by atoms with Crippen molar-refractivity contribution in [3.05, 3.63) is 112 Å². The first kappa shape index (κ1) is 29.0. The molecule has 0 aliphatic carbocycles. The maximum atomic E-state index is 14.0. The number of allylic oxidation sites excluding steroid dienone is 1. The number of benzene rings is 2. The lowest BCUT2D eigenvalue weighted by atomic mass is 9.94. The summed E-state index contributed by atoms with van der Waals surface area (Å²) in [6.07, 6.45) is 1.59. The number of furan rings is 1. The summed E-state index contributed by atoms with van der Waals surface area (Å²) in [5.41, 5.74) is 1.48.